The van der Waals surface area contributed by atoms with E-state index in [1.807, 2.05) is 4.90 Å². The lowest BCUT2D eigenvalue weighted by atomic mass is 9.69. The van der Waals surface area contributed by atoms with E-state index < -0.39 is 11.8 Å². The zero-order valence-electron chi connectivity index (χ0n) is 19.2. The minimum atomic E-state index is -1.13. The highest BCUT2D eigenvalue weighted by Crippen LogP contribution is 2.43. The van der Waals surface area contributed by atoms with Crippen LogP contribution in [-0.2, 0) is 14.3 Å². The fourth-order valence-corrected chi connectivity index (χ4v) is 6.17. The number of rotatable bonds is 6. The van der Waals surface area contributed by atoms with Crippen LogP contribution in [0.3, 0.4) is 0 Å². The van der Waals surface area contributed by atoms with Gasteiger partial charge in [0.25, 0.3) is 5.91 Å². The molecule has 5 fully saturated rings. The summed E-state index contributed by atoms with van der Waals surface area (Å²) in [6.45, 7) is 2.86. The summed E-state index contributed by atoms with van der Waals surface area (Å²) in [5, 5.41) is 10.0. The van der Waals surface area contributed by atoms with Gasteiger partial charge in [0, 0.05) is 38.7 Å². The molecule has 6 nitrogen and oxygen atoms in total. The lowest BCUT2D eigenvalue weighted by Crippen LogP contribution is -2.54. The van der Waals surface area contributed by atoms with Crippen LogP contribution in [0, 0.1) is 23.7 Å². The first-order valence-corrected chi connectivity index (χ1v) is 13.0. The first-order chi connectivity index (χ1) is 15.4. The van der Waals surface area contributed by atoms with Crippen molar-refractivity contribution in [3.8, 4) is 0 Å². The Kier molecular flexibility index (Phi) is 6.49. The van der Waals surface area contributed by atoms with Gasteiger partial charge in [-0.25, -0.2) is 4.39 Å². The van der Waals surface area contributed by atoms with E-state index in [2.05, 4.69) is 0 Å². The second kappa shape index (κ2) is 9.21. The third kappa shape index (κ3) is 4.84. The van der Waals surface area contributed by atoms with E-state index in [-0.39, 0.29) is 29.8 Å². The van der Waals surface area contributed by atoms with Crippen molar-refractivity contribution < 1.29 is 23.8 Å². The molecular formula is C25H39FN2O4. The molecule has 0 spiro atoms. The molecule has 4 aliphatic carbocycles. The Morgan fingerprint density at radius 3 is 2.19 bits per heavy atom. The van der Waals surface area contributed by atoms with Crippen molar-refractivity contribution in [1.29, 1.82) is 0 Å². The third-order valence-corrected chi connectivity index (χ3v) is 8.76. The van der Waals surface area contributed by atoms with Gasteiger partial charge in [-0.3, -0.25) is 9.59 Å². The molecule has 1 N–H and O–H groups in total. The van der Waals surface area contributed by atoms with Crippen LogP contribution in [-0.4, -0.2) is 77.4 Å². The van der Waals surface area contributed by atoms with E-state index >= 15 is 4.39 Å². The third-order valence-electron chi connectivity index (χ3n) is 8.76. The van der Waals surface area contributed by atoms with Gasteiger partial charge in [0.05, 0.1) is 6.10 Å². The summed E-state index contributed by atoms with van der Waals surface area (Å²) >= 11 is 0. The first kappa shape index (κ1) is 22.6. The molecule has 1 saturated heterocycles. The first-order valence-electron chi connectivity index (χ1n) is 13.0. The Bertz CT molecular complexity index is 694. The summed E-state index contributed by atoms with van der Waals surface area (Å²) < 4.78 is 21.2. The maximum atomic E-state index is 15.3. The lowest BCUT2D eigenvalue weighted by Gasteiger charge is -2.42. The Balaban J connectivity index is 1.07. The van der Waals surface area contributed by atoms with Crippen LogP contribution in [0.5, 0.6) is 0 Å². The van der Waals surface area contributed by atoms with Crippen molar-refractivity contribution in [3.63, 3.8) is 0 Å². The van der Waals surface area contributed by atoms with Gasteiger partial charge in [0.2, 0.25) is 5.91 Å². The van der Waals surface area contributed by atoms with Crippen LogP contribution in [0.1, 0.15) is 70.6 Å². The van der Waals surface area contributed by atoms with Gasteiger partial charge in [-0.2, -0.15) is 0 Å². The highest BCUT2D eigenvalue weighted by Gasteiger charge is 2.50. The predicted octanol–water partition coefficient (Wildman–Crippen LogP) is 2.92. The molecule has 0 aromatic carbocycles. The molecular weight excluding hydrogens is 411 g/mol. The van der Waals surface area contributed by atoms with Crippen LogP contribution in [0.4, 0.5) is 4.39 Å². The summed E-state index contributed by atoms with van der Waals surface area (Å²) in [5.41, 5.74) is -1.13. The van der Waals surface area contributed by atoms with E-state index in [4.69, 9.17) is 4.74 Å². The van der Waals surface area contributed by atoms with Crippen LogP contribution < -0.4 is 0 Å². The van der Waals surface area contributed by atoms with Crippen molar-refractivity contribution in [2.24, 2.45) is 23.7 Å². The highest BCUT2D eigenvalue weighted by atomic mass is 19.1. The molecule has 3 atom stereocenters. The number of alkyl halides is 1. The number of carbonyl (C=O) groups excluding carboxylic acids is 2. The summed E-state index contributed by atoms with van der Waals surface area (Å²) in [6.07, 6.45) is 8.93. The molecule has 2 amide bonds. The zero-order chi connectivity index (χ0) is 22.3. The molecule has 180 valence electrons. The maximum Gasteiger partial charge on any atom is 0.254 e. The van der Waals surface area contributed by atoms with Gasteiger partial charge in [0.1, 0.15) is 11.8 Å². The number of ether oxygens (including phenoxy) is 1. The summed E-state index contributed by atoms with van der Waals surface area (Å²) in [7, 11) is 0. The largest absolute Gasteiger partial charge is 0.380 e. The number of aliphatic hydroxyl groups is 1. The molecule has 3 unspecified atom stereocenters. The highest BCUT2D eigenvalue weighted by molar-refractivity contribution is 5.88. The van der Waals surface area contributed by atoms with Crippen LogP contribution in [0.2, 0.25) is 0 Å². The Morgan fingerprint density at radius 2 is 1.56 bits per heavy atom. The van der Waals surface area contributed by atoms with E-state index in [0.717, 1.165) is 51.6 Å². The summed E-state index contributed by atoms with van der Waals surface area (Å²) in [4.78, 5) is 29.0. The van der Waals surface area contributed by atoms with Gasteiger partial charge in [0.15, 0.2) is 0 Å². The van der Waals surface area contributed by atoms with Gasteiger partial charge >= 0.3 is 0 Å². The molecule has 7 heteroatoms. The molecule has 5 rings (SSSR count). The SMILES string of the molecule is O=C(C1CCC(C2CCCC(OCC3CC3)C2F)CC1)N1CCN(C(=O)C2(O)CC2)CC1. The Morgan fingerprint density at radius 1 is 0.906 bits per heavy atom. The number of halogens is 1. The van der Waals surface area contributed by atoms with E-state index in [1.54, 1.807) is 4.90 Å². The van der Waals surface area contributed by atoms with Gasteiger partial charge < -0.3 is 19.6 Å². The van der Waals surface area contributed by atoms with Crippen molar-refractivity contribution in [1.82, 2.24) is 9.80 Å². The minimum Gasteiger partial charge on any atom is -0.380 e. The van der Waals surface area contributed by atoms with Crippen LogP contribution in [0.15, 0.2) is 0 Å². The Labute approximate surface area is 190 Å². The Hall–Kier alpha value is -1.21. The van der Waals surface area contributed by atoms with Crippen molar-refractivity contribution >= 4 is 11.8 Å². The number of carbonyl (C=O) groups is 2. The van der Waals surface area contributed by atoms with E-state index in [1.165, 1.54) is 12.8 Å². The van der Waals surface area contributed by atoms with Gasteiger partial charge in [-0.1, -0.05) is 6.42 Å². The predicted molar refractivity (Wildman–Crippen MR) is 117 cm³/mol. The second-order valence-corrected chi connectivity index (χ2v) is 11.1. The molecule has 0 aromatic rings. The molecule has 0 aromatic heterocycles. The van der Waals surface area contributed by atoms with E-state index in [0.29, 0.717) is 50.9 Å². The average molecular weight is 451 g/mol. The van der Waals surface area contributed by atoms with Gasteiger partial charge in [-0.05, 0) is 82.0 Å². The molecule has 1 heterocycles. The van der Waals surface area contributed by atoms with Crippen LogP contribution in [0.25, 0.3) is 0 Å². The van der Waals surface area contributed by atoms with Crippen molar-refractivity contribution in [2.45, 2.75) is 88.5 Å². The summed E-state index contributed by atoms with van der Waals surface area (Å²) in [6, 6.07) is 0. The topological polar surface area (TPSA) is 70.1 Å². The average Bonchev–Trinajstić information content (AvgIpc) is 3.76. The standard InChI is InChI=1S/C25H39FN2O4/c26-22-20(2-1-3-21(22)32-16-17-4-5-17)18-6-8-19(9-7-18)23(29)27-12-14-28(15-13-27)24(30)25(31)10-11-25/h17-22,31H,1-16H2. The summed E-state index contributed by atoms with van der Waals surface area (Å²) in [5.74, 6) is 1.19. The monoisotopic (exact) mass is 450 g/mol. The minimum absolute atomic E-state index is 0.0321. The number of piperazine rings is 1. The van der Waals surface area contributed by atoms with Crippen molar-refractivity contribution in [3.05, 3.63) is 0 Å². The quantitative estimate of drug-likeness (QED) is 0.676. The van der Waals surface area contributed by atoms with Crippen molar-refractivity contribution in [2.75, 3.05) is 32.8 Å². The van der Waals surface area contributed by atoms with E-state index in [9.17, 15) is 14.7 Å². The molecule has 0 radical (unpaired) electrons. The second-order valence-electron chi connectivity index (χ2n) is 11.1. The molecule has 5 aliphatic rings. The zero-order valence-corrected chi connectivity index (χ0v) is 19.2. The number of amides is 2. The molecule has 4 saturated carbocycles. The maximum absolute atomic E-state index is 15.3. The lowest BCUT2D eigenvalue weighted by molar-refractivity contribution is -0.149. The fourth-order valence-electron chi connectivity index (χ4n) is 6.17. The van der Waals surface area contributed by atoms with Gasteiger partial charge in [-0.15, -0.1) is 0 Å². The molecule has 0 bridgehead atoms. The normalized spacial score (nSPS) is 37.2. The van der Waals surface area contributed by atoms with Crippen LogP contribution >= 0.6 is 0 Å². The number of hydrogen-bond donors (Lipinski definition) is 1. The molecule has 1 aliphatic heterocycles. The number of hydrogen-bond acceptors (Lipinski definition) is 4. The smallest absolute Gasteiger partial charge is 0.254 e. The fraction of sp³-hybridized carbons (Fsp3) is 0.920. The molecule has 32 heavy (non-hydrogen) atoms. The number of nitrogens with zero attached hydrogens (tertiary/aromatic N) is 2.